The van der Waals surface area contributed by atoms with Gasteiger partial charge in [-0.05, 0) is 23.6 Å². The van der Waals surface area contributed by atoms with E-state index >= 15 is 0 Å². The molecule has 0 bridgehead atoms. The summed E-state index contributed by atoms with van der Waals surface area (Å²) in [4.78, 5) is 0. The molecule has 0 saturated carbocycles. The molecule has 0 heterocycles. The highest BCUT2D eigenvalue weighted by Gasteiger charge is 2.32. The predicted octanol–water partition coefficient (Wildman–Crippen LogP) is 4.62. The smallest absolute Gasteiger partial charge is 0.205 e. The van der Waals surface area contributed by atoms with Crippen LogP contribution in [-0.2, 0) is 6.18 Å². The van der Waals surface area contributed by atoms with Gasteiger partial charge in [0, 0.05) is 0 Å². The monoisotopic (exact) mass is 240 g/mol. The number of alkyl halides is 3. The topological polar surface area (TPSA) is 0 Å². The van der Waals surface area contributed by atoms with Gasteiger partial charge in [-0.1, -0.05) is 25.4 Å². The average molecular weight is 241 g/mol. The van der Waals surface area contributed by atoms with Gasteiger partial charge < -0.3 is 0 Å². The van der Waals surface area contributed by atoms with Crippen molar-refractivity contribution >= 4 is 11.6 Å². The van der Waals surface area contributed by atoms with Gasteiger partial charge in [-0.25, -0.2) is 4.39 Å². The van der Waals surface area contributed by atoms with E-state index in [4.69, 9.17) is 11.6 Å². The molecule has 0 nitrogen and oxygen atoms in total. The lowest BCUT2D eigenvalue weighted by Crippen LogP contribution is -2.07. The Labute approximate surface area is 89.9 Å². The lowest BCUT2D eigenvalue weighted by atomic mass is 10.00. The minimum Gasteiger partial charge on any atom is -0.205 e. The number of hydrogen-bond donors (Lipinski definition) is 0. The fourth-order valence-corrected chi connectivity index (χ4v) is 1.42. The molecule has 0 saturated heterocycles. The SMILES string of the molecule is CC(C)c1cc(C(F)(F)F)cc(Cl)c1F. The summed E-state index contributed by atoms with van der Waals surface area (Å²) in [5.41, 5.74) is -0.938. The summed E-state index contributed by atoms with van der Waals surface area (Å²) >= 11 is 5.39. The van der Waals surface area contributed by atoms with Crippen molar-refractivity contribution in [3.8, 4) is 0 Å². The molecule has 0 amide bonds. The highest BCUT2D eigenvalue weighted by atomic mass is 35.5. The minimum absolute atomic E-state index is 0.0187. The Hall–Kier alpha value is -0.770. The summed E-state index contributed by atoms with van der Waals surface area (Å²) in [6.45, 7) is 3.21. The predicted molar refractivity (Wildman–Crippen MR) is 50.5 cm³/mol. The molecular formula is C10H9ClF4. The van der Waals surface area contributed by atoms with Crippen molar-refractivity contribution in [1.82, 2.24) is 0 Å². The summed E-state index contributed by atoms with van der Waals surface area (Å²) in [6.07, 6.45) is -4.50. The first-order chi connectivity index (χ1) is 6.73. The molecule has 0 N–H and O–H groups in total. The first-order valence-electron chi connectivity index (χ1n) is 4.29. The molecule has 84 valence electrons. The second-order valence-electron chi connectivity index (χ2n) is 3.51. The van der Waals surface area contributed by atoms with Crippen LogP contribution in [0.15, 0.2) is 12.1 Å². The van der Waals surface area contributed by atoms with Gasteiger partial charge in [0.2, 0.25) is 0 Å². The molecule has 1 aromatic rings. The first-order valence-corrected chi connectivity index (χ1v) is 4.67. The quantitative estimate of drug-likeness (QED) is 0.628. The standard InChI is InChI=1S/C10H9ClF4/c1-5(2)7-3-6(10(13,14)15)4-8(11)9(7)12/h3-5H,1-2H3. The zero-order chi connectivity index (χ0) is 11.8. The maximum Gasteiger partial charge on any atom is 0.416 e. The van der Waals surface area contributed by atoms with Crippen LogP contribution in [0, 0.1) is 5.82 Å². The van der Waals surface area contributed by atoms with Gasteiger partial charge in [0.15, 0.2) is 0 Å². The Kier molecular flexibility index (Phi) is 3.28. The van der Waals surface area contributed by atoms with Crippen molar-refractivity contribution in [2.75, 3.05) is 0 Å². The summed E-state index contributed by atoms with van der Waals surface area (Å²) in [5.74, 6) is -1.12. The van der Waals surface area contributed by atoms with Crippen LogP contribution in [0.3, 0.4) is 0 Å². The molecular weight excluding hydrogens is 232 g/mol. The summed E-state index contributed by atoms with van der Waals surface area (Å²) < 4.78 is 50.4. The average Bonchev–Trinajstić information content (AvgIpc) is 2.06. The zero-order valence-electron chi connectivity index (χ0n) is 8.12. The van der Waals surface area contributed by atoms with Gasteiger partial charge in [0.1, 0.15) is 5.82 Å². The first kappa shape index (κ1) is 12.3. The molecule has 1 rings (SSSR count). The fourth-order valence-electron chi connectivity index (χ4n) is 1.19. The van der Waals surface area contributed by atoms with Crippen molar-refractivity contribution in [2.24, 2.45) is 0 Å². The number of rotatable bonds is 1. The Morgan fingerprint density at radius 1 is 1.20 bits per heavy atom. The molecule has 0 unspecified atom stereocenters. The molecule has 5 heteroatoms. The molecule has 0 aliphatic carbocycles. The van der Waals surface area contributed by atoms with Crippen LogP contribution in [0.4, 0.5) is 17.6 Å². The summed E-state index contributed by atoms with van der Waals surface area (Å²) in [6, 6.07) is 1.40. The number of benzene rings is 1. The van der Waals surface area contributed by atoms with Gasteiger partial charge in [-0.2, -0.15) is 13.2 Å². The number of halogens is 5. The maximum absolute atomic E-state index is 13.3. The van der Waals surface area contributed by atoms with E-state index in [-0.39, 0.29) is 11.5 Å². The van der Waals surface area contributed by atoms with Gasteiger partial charge in [0.25, 0.3) is 0 Å². The largest absolute Gasteiger partial charge is 0.416 e. The van der Waals surface area contributed by atoms with E-state index in [1.807, 2.05) is 0 Å². The Morgan fingerprint density at radius 3 is 2.13 bits per heavy atom. The van der Waals surface area contributed by atoms with E-state index in [1.54, 1.807) is 13.8 Å². The zero-order valence-corrected chi connectivity index (χ0v) is 8.88. The molecule has 0 spiro atoms. The minimum atomic E-state index is -4.50. The molecule has 0 aromatic heterocycles. The van der Waals surface area contributed by atoms with Gasteiger partial charge in [-0.3, -0.25) is 0 Å². The van der Waals surface area contributed by atoms with E-state index in [1.165, 1.54) is 0 Å². The highest BCUT2D eigenvalue weighted by Crippen LogP contribution is 2.35. The van der Waals surface area contributed by atoms with E-state index in [0.29, 0.717) is 6.07 Å². The van der Waals surface area contributed by atoms with Crippen molar-refractivity contribution in [3.05, 3.63) is 34.1 Å². The second-order valence-corrected chi connectivity index (χ2v) is 3.92. The van der Waals surface area contributed by atoms with E-state index in [0.717, 1.165) is 6.07 Å². The van der Waals surface area contributed by atoms with Crippen molar-refractivity contribution in [2.45, 2.75) is 25.9 Å². The third-order valence-electron chi connectivity index (χ3n) is 2.01. The second kappa shape index (κ2) is 4.00. The van der Waals surface area contributed by atoms with Crippen LogP contribution in [0.1, 0.15) is 30.9 Å². The van der Waals surface area contributed by atoms with Crippen LogP contribution in [0.5, 0.6) is 0 Å². The fraction of sp³-hybridized carbons (Fsp3) is 0.400. The highest BCUT2D eigenvalue weighted by molar-refractivity contribution is 6.30. The van der Waals surface area contributed by atoms with Crippen LogP contribution < -0.4 is 0 Å². The van der Waals surface area contributed by atoms with Crippen molar-refractivity contribution < 1.29 is 17.6 Å². The Bertz CT molecular complexity index is 368. The Morgan fingerprint density at radius 2 is 1.73 bits per heavy atom. The third kappa shape index (κ3) is 2.62. The molecule has 15 heavy (non-hydrogen) atoms. The van der Waals surface area contributed by atoms with Gasteiger partial charge in [-0.15, -0.1) is 0 Å². The van der Waals surface area contributed by atoms with Crippen molar-refractivity contribution in [3.63, 3.8) is 0 Å². The third-order valence-corrected chi connectivity index (χ3v) is 2.28. The number of hydrogen-bond acceptors (Lipinski definition) is 0. The maximum atomic E-state index is 13.3. The van der Waals surface area contributed by atoms with E-state index in [2.05, 4.69) is 0 Å². The summed E-state index contributed by atoms with van der Waals surface area (Å²) in [5, 5.41) is -0.492. The molecule has 0 radical (unpaired) electrons. The molecule has 0 aliphatic rings. The van der Waals surface area contributed by atoms with Crippen LogP contribution in [0.2, 0.25) is 5.02 Å². The molecule has 0 atom stereocenters. The Balaban J connectivity index is 3.36. The summed E-state index contributed by atoms with van der Waals surface area (Å²) in [7, 11) is 0. The normalized spacial score (nSPS) is 12.3. The molecule has 0 aliphatic heterocycles. The lowest BCUT2D eigenvalue weighted by Gasteiger charge is -2.13. The lowest BCUT2D eigenvalue weighted by molar-refractivity contribution is -0.137. The van der Waals surface area contributed by atoms with Gasteiger partial charge >= 0.3 is 6.18 Å². The van der Waals surface area contributed by atoms with Crippen molar-refractivity contribution in [1.29, 1.82) is 0 Å². The van der Waals surface area contributed by atoms with Crippen LogP contribution >= 0.6 is 11.6 Å². The van der Waals surface area contributed by atoms with Gasteiger partial charge in [0.05, 0.1) is 10.6 Å². The molecule has 0 fully saturated rings. The van der Waals surface area contributed by atoms with E-state index in [9.17, 15) is 17.6 Å². The van der Waals surface area contributed by atoms with E-state index < -0.39 is 22.6 Å². The van der Waals surface area contributed by atoms with Crippen LogP contribution in [-0.4, -0.2) is 0 Å². The van der Waals surface area contributed by atoms with Crippen LogP contribution in [0.25, 0.3) is 0 Å². The molecule has 1 aromatic carbocycles.